The van der Waals surface area contributed by atoms with Crippen LogP contribution in [-0.2, 0) is 9.84 Å². The second-order valence-corrected chi connectivity index (χ2v) is 6.22. The summed E-state index contributed by atoms with van der Waals surface area (Å²) >= 11 is 0. The maximum atomic E-state index is 10.8. The van der Waals surface area contributed by atoms with Crippen molar-refractivity contribution in [1.29, 1.82) is 0 Å². The molecule has 0 aromatic carbocycles. The van der Waals surface area contributed by atoms with E-state index in [4.69, 9.17) is 0 Å². The van der Waals surface area contributed by atoms with Gasteiger partial charge in [-0.3, -0.25) is 0 Å². The minimum absolute atomic E-state index is 0.297. The summed E-state index contributed by atoms with van der Waals surface area (Å²) in [6.45, 7) is 2.96. The number of hydrogen-bond donors (Lipinski definition) is 2. The van der Waals surface area contributed by atoms with E-state index in [1.165, 1.54) is 6.26 Å². The Morgan fingerprint density at radius 1 is 1.36 bits per heavy atom. The van der Waals surface area contributed by atoms with Crippen molar-refractivity contribution in [2.24, 2.45) is 0 Å². The molecule has 1 aliphatic rings. The summed E-state index contributed by atoms with van der Waals surface area (Å²) in [5, 5.41) is 6.68. The van der Waals surface area contributed by atoms with Gasteiger partial charge in [-0.15, -0.1) is 0 Å². The molecule has 0 aliphatic carbocycles. The number of nitrogens with one attached hydrogen (secondary N) is 2. The quantitative estimate of drug-likeness (QED) is 0.628. The fourth-order valence-corrected chi connectivity index (χ4v) is 2.34. The lowest BCUT2D eigenvalue weighted by molar-refractivity contribution is 0.388. The van der Waals surface area contributed by atoms with Crippen LogP contribution in [-0.4, -0.2) is 46.1 Å². The third-order valence-corrected chi connectivity index (χ3v) is 3.49. The van der Waals surface area contributed by atoms with Crippen LogP contribution in [0.3, 0.4) is 0 Å². The average Bonchev–Trinajstić information content (AvgIpc) is 2.13. The molecular weight excluding hydrogens is 200 g/mol. The van der Waals surface area contributed by atoms with E-state index in [9.17, 15) is 8.42 Å². The van der Waals surface area contributed by atoms with Crippen molar-refractivity contribution in [2.75, 3.05) is 31.6 Å². The summed E-state index contributed by atoms with van der Waals surface area (Å²) in [5.74, 6) is 0.297. The highest BCUT2D eigenvalue weighted by atomic mass is 32.2. The lowest BCUT2D eigenvalue weighted by atomic mass is 10.1. The summed E-state index contributed by atoms with van der Waals surface area (Å²) < 4.78 is 21.7. The predicted octanol–water partition coefficient (Wildman–Crippen LogP) is -0.237. The van der Waals surface area contributed by atoms with E-state index in [0.717, 1.165) is 38.9 Å². The molecule has 4 nitrogen and oxygen atoms in total. The maximum Gasteiger partial charge on any atom is 0.147 e. The van der Waals surface area contributed by atoms with Gasteiger partial charge in [-0.25, -0.2) is 8.42 Å². The van der Waals surface area contributed by atoms with E-state index in [1.54, 1.807) is 0 Å². The Labute approximate surface area is 86.4 Å². The van der Waals surface area contributed by atoms with Crippen molar-refractivity contribution in [3.8, 4) is 0 Å². The predicted molar refractivity (Wildman–Crippen MR) is 58.2 cm³/mol. The van der Waals surface area contributed by atoms with Crippen LogP contribution in [0, 0.1) is 0 Å². The first-order valence-electron chi connectivity index (χ1n) is 5.20. The summed E-state index contributed by atoms with van der Waals surface area (Å²) in [4.78, 5) is 0. The van der Waals surface area contributed by atoms with E-state index in [2.05, 4.69) is 10.6 Å². The van der Waals surface area contributed by atoms with Gasteiger partial charge < -0.3 is 10.6 Å². The van der Waals surface area contributed by atoms with E-state index >= 15 is 0 Å². The Hall–Kier alpha value is -0.130. The highest BCUT2D eigenvalue weighted by Crippen LogP contribution is 2.01. The molecular formula is C9H20N2O2S. The molecule has 0 aromatic heterocycles. The molecule has 1 fully saturated rings. The molecule has 1 heterocycles. The van der Waals surface area contributed by atoms with Crippen molar-refractivity contribution in [3.63, 3.8) is 0 Å². The van der Waals surface area contributed by atoms with Crippen molar-refractivity contribution in [2.45, 2.75) is 25.3 Å². The second-order valence-electron chi connectivity index (χ2n) is 3.96. The molecule has 1 aliphatic heterocycles. The van der Waals surface area contributed by atoms with Gasteiger partial charge in [0.05, 0.1) is 5.75 Å². The topological polar surface area (TPSA) is 58.2 Å². The van der Waals surface area contributed by atoms with Crippen molar-refractivity contribution < 1.29 is 8.42 Å². The third-order valence-electron chi connectivity index (χ3n) is 2.46. The molecule has 0 radical (unpaired) electrons. The zero-order valence-electron chi connectivity index (χ0n) is 8.75. The average molecular weight is 220 g/mol. The van der Waals surface area contributed by atoms with Gasteiger partial charge in [0.15, 0.2) is 0 Å². The summed E-state index contributed by atoms with van der Waals surface area (Å²) in [6.07, 6.45) is 4.32. The molecule has 84 valence electrons. The normalized spacial score (nSPS) is 19.8. The zero-order valence-corrected chi connectivity index (χ0v) is 9.57. The fourth-order valence-electron chi connectivity index (χ4n) is 1.67. The smallest absolute Gasteiger partial charge is 0.147 e. The van der Waals surface area contributed by atoms with Crippen LogP contribution < -0.4 is 10.6 Å². The summed E-state index contributed by atoms with van der Waals surface area (Å²) in [7, 11) is -2.78. The fraction of sp³-hybridized carbons (Fsp3) is 1.00. The molecule has 5 heteroatoms. The third kappa shape index (κ3) is 5.57. The Kier molecular flexibility index (Phi) is 4.84. The molecule has 0 bridgehead atoms. The molecule has 0 unspecified atom stereocenters. The number of rotatable bonds is 5. The van der Waals surface area contributed by atoms with Crippen LogP contribution in [0.1, 0.15) is 19.3 Å². The van der Waals surface area contributed by atoms with Gasteiger partial charge in [-0.05, 0) is 38.9 Å². The summed E-state index contributed by atoms with van der Waals surface area (Å²) in [5.41, 5.74) is 0. The Balaban J connectivity index is 2.03. The molecule has 0 atom stereocenters. The first-order valence-corrected chi connectivity index (χ1v) is 7.26. The number of sulfone groups is 1. The molecule has 1 rings (SSSR count). The molecule has 14 heavy (non-hydrogen) atoms. The highest BCUT2D eigenvalue weighted by Gasteiger charge is 2.11. The largest absolute Gasteiger partial charge is 0.317 e. The molecule has 0 aromatic rings. The monoisotopic (exact) mass is 220 g/mol. The van der Waals surface area contributed by atoms with Gasteiger partial charge in [-0.2, -0.15) is 0 Å². The molecule has 0 spiro atoms. The van der Waals surface area contributed by atoms with Crippen LogP contribution in [0.2, 0.25) is 0 Å². The molecule has 1 saturated heterocycles. The lowest BCUT2D eigenvalue weighted by Gasteiger charge is -2.23. The van der Waals surface area contributed by atoms with E-state index in [0.29, 0.717) is 11.8 Å². The van der Waals surface area contributed by atoms with Gasteiger partial charge in [0, 0.05) is 12.3 Å². The molecule has 2 N–H and O–H groups in total. The van der Waals surface area contributed by atoms with Gasteiger partial charge in [0.1, 0.15) is 9.84 Å². The maximum absolute atomic E-state index is 10.8. The standard InChI is InChI=1S/C9H20N2O2S/c1-14(12,13)8-2-5-11-9-3-6-10-7-4-9/h9-11H,2-8H2,1H3. The highest BCUT2D eigenvalue weighted by molar-refractivity contribution is 7.90. The van der Waals surface area contributed by atoms with Crippen molar-refractivity contribution >= 4 is 9.84 Å². The van der Waals surface area contributed by atoms with Gasteiger partial charge in [0.25, 0.3) is 0 Å². The minimum atomic E-state index is -2.78. The number of hydrogen-bond acceptors (Lipinski definition) is 4. The van der Waals surface area contributed by atoms with Gasteiger partial charge in [-0.1, -0.05) is 0 Å². The van der Waals surface area contributed by atoms with E-state index in [-0.39, 0.29) is 0 Å². The van der Waals surface area contributed by atoms with E-state index in [1.807, 2.05) is 0 Å². The van der Waals surface area contributed by atoms with Crippen LogP contribution >= 0.6 is 0 Å². The van der Waals surface area contributed by atoms with Gasteiger partial charge in [0.2, 0.25) is 0 Å². The molecule has 0 saturated carbocycles. The lowest BCUT2D eigenvalue weighted by Crippen LogP contribution is -2.40. The Morgan fingerprint density at radius 3 is 2.57 bits per heavy atom. The Bertz CT molecular complexity index is 246. The van der Waals surface area contributed by atoms with Crippen molar-refractivity contribution in [3.05, 3.63) is 0 Å². The Morgan fingerprint density at radius 2 is 2.00 bits per heavy atom. The SMILES string of the molecule is CS(=O)(=O)CCCNC1CCNCC1. The van der Waals surface area contributed by atoms with Crippen LogP contribution in [0.25, 0.3) is 0 Å². The minimum Gasteiger partial charge on any atom is -0.317 e. The van der Waals surface area contributed by atoms with Gasteiger partial charge >= 0.3 is 0 Å². The zero-order chi connectivity index (χ0) is 10.4. The van der Waals surface area contributed by atoms with E-state index < -0.39 is 9.84 Å². The van der Waals surface area contributed by atoms with Crippen LogP contribution in [0.5, 0.6) is 0 Å². The second kappa shape index (κ2) is 5.68. The van der Waals surface area contributed by atoms with Crippen LogP contribution in [0.4, 0.5) is 0 Å². The van der Waals surface area contributed by atoms with Crippen LogP contribution in [0.15, 0.2) is 0 Å². The summed E-state index contributed by atoms with van der Waals surface area (Å²) in [6, 6.07) is 0.579. The van der Waals surface area contributed by atoms with Crippen molar-refractivity contribution in [1.82, 2.24) is 10.6 Å². The first-order chi connectivity index (χ1) is 6.58. The molecule has 0 amide bonds. The number of piperidine rings is 1. The first kappa shape index (κ1) is 11.9.